The Morgan fingerprint density at radius 3 is 3.00 bits per heavy atom. The lowest BCUT2D eigenvalue weighted by molar-refractivity contribution is 0.618. The second kappa shape index (κ2) is 4.19. The van der Waals surface area contributed by atoms with Crippen molar-refractivity contribution >= 4 is 33.5 Å². The fourth-order valence-corrected chi connectivity index (χ4v) is 2.28. The van der Waals surface area contributed by atoms with E-state index in [0.29, 0.717) is 5.56 Å². The van der Waals surface area contributed by atoms with E-state index < -0.39 is 0 Å². The maximum atomic E-state index is 8.82. The predicted octanol–water partition coefficient (Wildman–Crippen LogP) is 2.92. The first-order valence-electron chi connectivity index (χ1n) is 4.82. The summed E-state index contributed by atoms with van der Waals surface area (Å²) in [5.41, 5.74) is 1.80. The van der Waals surface area contributed by atoms with Gasteiger partial charge < -0.3 is 0 Å². The minimum Gasteiger partial charge on any atom is -0.264 e. The van der Waals surface area contributed by atoms with Crippen LogP contribution in [0.5, 0.6) is 0 Å². The van der Waals surface area contributed by atoms with E-state index in [4.69, 9.17) is 5.26 Å². The van der Waals surface area contributed by atoms with Crippen LogP contribution in [0.4, 0.5) is 0 Å². The first kappa shape index (κ1) is 10.4. The van der Waals surface area contributed by atoms with Gasteiger partial charge in [-0.05, 0) is 47.2 Å². The Hall–Kier alpha value is -1.09. The number of nitriles is 1. The van der Waals surface area contributed by atoms with Crippen molar-refractivity contribution in [1.82, 2.24) is 9.78 Å². The van der Waals surface area contributed by atoms with E-state index in [2.05, 4.69) is 40.7 Å². The van der Waals surface area contributed by atoms with Crippen molar-refractivity contribution in [3.05, 3.63) is 27.5 Å². The molecule has 0 aliphatic rings. The molecule has 0 bridgehead atoms. The molecule has 2 aromatic rings. The van der Waals surface area contributed by atoms with Crippen LogP contribution in [-0.2, 0) is 6.54 Å². The zero-order valence-electron chi connectivity index (χ0n) is 8.37. The largest absolute Gasteiger partial charge is 0.264 e. The monoisotopic (exact) mass is 311 g/mol. The SMILES string of the molecule is CCCn1nc(I)c2cc(C#N)ccc21. The molecular weight excluding hydrogens is 301 g/mol. The van der Waals surface area contributed by atoms with Gasteiger partial charge in [-0.25, -0.2) is 0 Å². The summed E-state index contributed by atoms with van der Waals surface area (Å²) in [5.74, 6) is 0. The molecular formula is C11H10IN3. The van der Waals surface area contributed by atoms with Gasteiger partial charge in [-0.15, -0.1) is 0 Å². The van der Waals surface area contributed by atoms with Gasteiger partial charge in [0.1, 0.15) is 3.70 Å². The lowest BCUT2D eigenvalue weighted by atomic mass is 10.2. The van der Waals surface area contributed by atoms with Gasteiger partial charge in [0.15, 0.2) is 0 Å². The fraction of sp³-hybridized carbons (Fsp3) is 0.273. The lowest BCUT2D eigenvalue weighted by Gasteiger charge is -1.99. The minimum absolute atomic E-state index is 0.691. The number of rotatable bonds is 2. The Balaban J connectivity index is 2.65. The van der Waals surface area contributed by atoms with E-state index >= 15 is 0 Å². The van der Waals surface area contributed by atoms with Crippen LogP contribution in [0.3, 0.4) is 0 Å². The molecule has 0 radical (unpaired) electrons. The summed E-state index contributed by atoms with van der Waals surface area (Å²) in [7, 11) is 0. The molecule has 2 rings (SSSR count). The maximum Gasteiger partial charge on any atom is 0.131 e. The fourth-order valence-electron chi connectivity index (χ4n) is 1.59. The van der Waals surface area contributed by atoms with E-state index in [1.54, 1.807) is 0 Å². The molecule has 1 aromatic heterocycles. The van der Waals surface area contributed by atoms with Gasteiger partial charge in [-0.2, -0.15) is 10.4 Å². The topological polar surface area (TPSA) is 41.6 Å². The number of hydrogen-bond acceptors (Lipinski definition) is 2. The Morgan fingerprint density at radius 2 is 2.33 bits per heavy atom. The summed E-state index contributed by atoms with van der Waals surface area (Å²) in [5, 5.41) is 14.3. The summed E-state index contributed by atoms with van der Waals surface area (Å²) in [6.07, 6.45) is 1.06. The summed E-state index contributed by atoms with van der Waals surface area (Å²) < 4.78 is 2.96. The molecule has 0 saturated heterocycles. The average Bonchev–Trinajstić information content (AvgIpc) is 2.56. The van der Waals surface area contributed by atoms with E-state index in [9.17, 15) is 0 Å². The van der Waals surface area contributed by atoms with E-state index in [1.807, 2.05) is 22.9 Å². The van der Waals surface area contributed by atoms with Crippen molar-refractivity contribution in [2.45, 2.75) is 19.9 Å². The van der Waals surface area contributed by atoms with Crippen LogP contribution in [0.1, 0.15) is 18.9 Å². The summed E-state index contributed by atoms with van der Waals surface area (Å²) in [6, 6.07) is 7.86. The molecule has 0 fully saturated rings. The number of halogens is 1. The molecule has 0 amide bonds. The molecule has 3 nitrogen and oxygen atoms in total. The van der Waals surface area contributed by atoms with Gasteiger partial charge in [0.05, 0.1) is 17.1 Å². The lowest BCUT2D eigenvalue weighted by Crippen LogP contribution is -1.98. The summed E-state index contributed by atoms with van der Waals surface area (Å²) >= 11 is 2.21. The first-order valence-corrected chi connectivity index (χ1v) is 5.90. The van der Waals surface area contributed by atoms with Crippen LogP contribution in [0.2, 0.25) is 0 Å². The highest BCUT2D eigenvalue weighted by molar-refractivity contribution is 14.1. The Bertz CT molecular complexity index is 536. The molecule has 0 saturated carbocycles. The van der Waals surface area contributed by atoms with E-state index in [-0.39, 0.29) is 0 Å². The van der Waals surface area contributed by atoms with Crippen molar-refractivity contribution in [1.29, 1.82) is 5.26 Å². The molecule has 0 atom stereocenters. The minimum atomic E-state index is 0.691. The van der Waals surface area contributed by atoms with Gasteiger partial charge in [0.25, 0.3) is 0 Å². The highest BCUT2D eigenvalue weighted by Crippen LogP contribution is 2.21. The number of aromatic nitrogens is 2. The molecule has 15 heavy (non-hydrogen) atoms. The third kappa shape index (κ3) is 1.84. The molecule has 0 spiro atoms. The number of nitrogens with zero attached hydrogens (tertiary/aromatic N) is 3. The third-order valence-corrected chi connectivity index (χ3v) is 3.07. The van der Waals surface area contributed by atoms with Crippen LogP contribution >= 0.6 is 22.6 Å². The molecule has 76 valence electrons. The second-order valence-electron chi connectivity index (χ2n) is 3.36. The van der Waals surface area contributed by atoms with Gasteiger partial charge in [-0.1, -0.05) is 6.92 Å². The Labute approximate surface area is 102 Å². The number of aryl methyl sites for hydroxylation is 1. The molecule has 0 N–H and O–H groups in total. The van der Waals surface area contributed by atoms with Gasteiger partial charge in [0, 0.05) is 11.9 Å². The van der Waals surface area contributed by atoms with Gasteiger partial charge in [-0.3, -0.25) is 4.68 Å². The number of benzene rings is 1. The quantitative estimate of drug-likeness (QED) is 0.800. The van der Waals surface area contributed by atoms with Crippen LogP contribution in [0.25, 0.3) is 10.9 Å². The normalized spacial score (nSPS) is 10.5. The van der Waals surface area contributed by atoms with Crippen molar-refractivity contribution in [2.24, 2.45) is 0 Å². The Kier molecular flexibility index (Phi) is 2.91. The van der Waals surface area contributed by atoms with Crippen LogP contribution in [-0.4, -0.2) is 9.78 Å². The number of hydrogen-bond donors (Lipinski definition) is 0. The van der Waals surface area contributed by atoms with Crippen molar-refractivity contribution in [3.63, 3.8) is 0 Å². The summed E-state index contributed by atoms with van der Waals surface area (Å²) in [6.45, 7) is 3.05. The third-order valence-electron chi connectivity index (χ3n) is 2.27. The first-order chi connectivity index (χ1) is 7.26. The highest BCUT2D eigenvalue weighted by Gasteiger charge is 2.07. The van der Waals surface area contributed by atoms with Gasteiger partial charge >= 0.3 is 0 Å². The zero-order chi connectivity index (χ0) is 10.8. The van der Waals surface area contributed by atoms with Crippen molar-refractivity contribution in [3.8, 4) is 6.07 Å². The molecule has 0 unspecified atom stereocenters. The van der Waals surface area contributed by atoms with E-state index in [0.717, 1.165) is 27.6 Å². The van der Waals surface area contributed by atoms with Crippen LogP contribution in [0.15, 0.2) is 18.2 Å². The second-order valence-corrected chi connectivity index (χ2v) is 4.38. The highest BCUT2D eigenvalue weighted by atomic mass is 127. The zero-order valence-corrected chi connectivity index (χ0v) is 10.5. The predicted molar refractivity (Wildman–Crippen MR) is 67.5 cm³/mol. The molecule has 0 aliphatic carbocycles. The van der Waals surface area contributed by atoms with Crippen LogP contribution < -0.4 is 0 Å². The number of fused-ring (bicyclic) bond motifs is 1. The smallest absolute Gasteiger partial charge is 0.131 e. The van der Waals surface area contributed by atoms with Crippen molar-refractivity contribution < 1.29 is 0 Å². The molecule has 1 aromatic carbocycles. The maximum absolute atomic E-state index is 8.82. The average molecular weight is 311 g/mol. The Morgan fingerprint density at radius 1 is 1.53 bits per heavy atom. The van der Waals surface area contributed by atoms with Gasteiger partial charge in [0.2, 0.25) is 0 Å². The van der Waals surface area contributed by atoms with E-state index in [1.165, 1.54) is 0 Å². The molecule has 0 aliphatic heterocycles. The molecule has 4 heteroatoms. The molecule has 1 heterocycles. The summed E-state index contributed by atoms with van der Waals surface area (Å²) in [4.78, 5) is 0. The van der Waals surface area contributed by atoms with Crippen LogP contribution in [0, 0.1) is 15.0 Å². The van der Waals surface area contributed by atoms with Crippen molar-refractivity contribution in [2.75, 3.05) is 0 Å². The standard InChI is InChI=1S/C11H10IN3/c1-2-5-15-10-4-3-8(7-13)6-9(10)11(12)14-15/h3-4,6H,2,5H2,1H3.